The van der Waals surface area contributed by atoms with E-state index in [1.807, 2.05) is 6.07 Å². The number of rotatable bonds is 3. The number of nitrogens with zero attached hydrogens (tertiary/aromatic N) is 1. The third kappa shape index (κ3) is 3.19. The number of nitrogens with two attached hydrogens (primary N) is 1. The second kappa shape index (κ2) is 5.80. The highest BCUT2D eigenvalue weighted by molar-refractivity contribution is 7.84. The first-order valence-electron chi connectivity index (χ1n) is 5.62. The van der Waals surface area contributed by atoms with Gasteiger partial charge in [-0.05, 0) is 42.0 Å². The van der Waals surface area contributed by atoms with Gasteiger partial charge in [0.2, 0.25) is 0 Å². The molecule has 0 heterocycles. The molecule has 0 radical (unpaired) electrons. The summed E-state index contributed by atoms with van der Waals surface area (Å²) in [6.45, 7) is 0. The van der Waals surface area contributed by atoms with Crippen LogP contribution in [0.2, 0.25) is 0 Å². The maximum Gasteiger partial charge on any atom is 0.147 e. The largest absolute Gasteiger partial charge is 0.396 e. The minimum absolute atomic E-state index is 0.00417. The van der Waals surface area contributed by atoms with Crippen molar-refractivity contribution in [3.8, 4) is 6.07 Å². The average molecular weight is 292 g/mol. The number of nitriles is 1. The summed E-state index contributed by atoms with van der Waals surface area (Å²) in [6, 6.07) is 9.45. The molecular weight excluding hydrogens is 282 g/mol. The molecule has 0 bridgehead atoms. The number of halogens is 2. The molecule has 2 aromatic rings. The van der Waals surface area contributed by atoms with E-state index < -0.39 is 22.4 Å². The van der Waals surface area contributed by atoms with E-state index >= 15 is 0 Å². The van der Waals surface area contributed by atoms with E-state index in [9.17, 15) is 13.0 Å². The molecule has 6 heteroatoms. The molecule has 0 amide bonds. The van der Waals surface area contributed by atoms with Crippen LogP contribution in [-0.2, 0) is 16.6 Å². The molecule has 20 heavy (non-hydrogen) atoms. The van der Waals surface area contributed by atoms with Gasteiger partial charge in [-0.15, -0.1) is 0 Å². The summed E-state index contributed by atoms with van der Waals surface area (Å²) < 4.78 is 38.6. The van der Waals surface area contributed by atoms with Gasteiger partial charge >= 0.3 is 0 Å². The summed E-state index contributed by atoms with van der Waals surface area (Å²) in [4.78, 5) is 0.263. The first kappa shape index (κ1) is 14.2. The summed E-state index contributed by atoms with van der Waals surface area (Å²) in [5.74, 6) is -1.22. The van der Waals surface area contributed by atoms with Gasteiger partial charge in [0, 0.05) is 4.90 Å². The summed E-state index contributed by atoms with van der Waals surface area (Å²) in [7, 11) is -1.54. The molecule has 0 aliphatic carbocycles. The standard InChI is InChI=1S/C14H10F2N2OS/c15-11-4-9(7-17)3-10(5-11)8-20(19)12-1-2-14(18)13(16)6-12/h1-6H,8,18H2. The minimum Gasteiger partial charge on any atom is -0.396 e. The van der Waals surface area contributed by atoms with Crippen LogP contribution in [0.1, 0.15) is 11.1 Å². The number of benzene rings is 2. The lowest BCUT2D eigenvalue weighted by molar-refractivity contribution is 0.625. The number of hydrogen-bond donors (Lipinski definition) is 1. The van der Waals surface area contributed by atoms with Crippen molar-refractivity contribution in [2.24, 2.45) is 0 Å². The monoisotopic (exact) mass is 292 g/mol. The first-order valence-corrected chi connectivity index (χ1v) is 6.94. The Labute approximate surface area is 117 Å². The zero-order chi connectivity index (χ0) is 14.7. The molecule has 102 valence electrons. The lowest BCUT2D eigenvalue weighted by Crippen LogP contribution is -2.00. The van der Waals surface area contributed by atoms with E-state index in [0.717, 1.165) is 12.1 Å². The highest BCUT2D eigenvalue weighted by atomic mass is 32.2. The van der Waals surface area contributed by atoms with E-state index in [-0.39, 0.29) is 21.9 Å². The predicted molar refractivity (Wildman–Crippen MR) is 72.0 cm³/mol. The maximum atomic E-state index is 13.3. The summed E-state index contributed by atoms with van der Waals surface area (Å²) in [6.07, 6.45) is 0. The fraction of sp³-hybridized carbons (Fsp3) is 0.0714. The van der Waals surface area contributed by atoms with Gasteiger partial charge in [0.1, 0.15) is 11.6 Å². The second-order valence-corrected chi connectivity index (χ2v) is 5.58. The molecule has 2 rings (SSSR count). The molecular formula is C14H10F2N2OS. The molecule has 3 nitrogen and oxygen atoms in total. The van der Waals surface area contributed by atoms with Crippen molar-refractivity contribution in [2.75, 3.05) is 5.73 Å². The lowest BCUT2D eigenvalue weighted by atomic mass is 10.1. The van der Waals surface area contributed by atoms with Crippen molar-refractivity contribution in [3.05, 3.63) is 59.2 Å². The van der Waals surface area contributed by atoms with Gasteiger partial charge in [0.05, 0.1) is 33.9 Å². The van der Waals surface area contributed by atoms with Crippen molar-refractivity contribution in [2.45, 2.75) is 10.6 Å². The van der Waals surface area contributed by atoms with E-state index in [0.29, 0.717) is 5.56 Å². The van der Waals surface area contributed by atoms with Crippen LogP contribution in [-0.4, -0.2) is 4.21 Å². The molecule has 2 N–H and O–H groups in total. The maximum absolute atomic E-state index is 13.3. The van der Waals surface area contributed by atoms with Gasteiger partial charge in [-0.2, -0.15) is 5.26 Å². The Morgan fingerprint density at radius 3 is 2.60 bits per heavy atom. The molecule has 0 saturated carbocycles. The van der Waals surface area contributed by atoms with Crippen molar-refractivity contribution in [1.29, 1.82) is 5.26 Å². The highest BCUT2D eigenvalue weighted by Crippen LogP contribution is 2.18. The van der Waals surface area contributed by atoms with Gasteiger partial charge in [-0.25, -0.2) is 8.78 Å². The molecule has 1 unspecified atom stereocenters. The molecule has 0 spiro atoms. The molecule has 0 aliphatic heterocycles. The lowest BCUT2D eigenvalue weighted by Gasteiger charge is -2.05. The minimum atomic E-state index is -1.54. The van der Waals surface area contributed by atoms with Crippen LogP contribution in [0.5, 0.6) is 0 Å². The van der Waals surface area contributed by atoms with Crippen molar-refractivity contribution in [3.63, 3.8) is 0 Å². The molecule has 1 atom stereocenters. The predicted octanol–water partition coefficient (Wildman–Crippen LogP) is 2.73. The third-order valence-corrected chi connectivity index (χ3v) is 3.99. The fourth-order valence-electron chi connectivity index (χ4n) is 1.68. The Morgan fingerprint density at radius 1 is 1.20 bits per heavy atom. The van der Waals surface area contributed by atoms with Crippen molar-refractivity contribution in [1.82, 2.24) is 0 Å². The Hall–Kier alpha value is -2.26. The summed E-state index contributed by atoms with van der Waals surface area (Å²) in [5.41, 5.74) is 5.88. The van der Waals surface area contributed by atoms with Gasteiger partial charge < -0.3 is 5.73 Å². The SMILES string of the molecule is N#Cc1cc(F)cc(CS(=O)c2ccc(N)c(F)c2)c1. The van der Waals surface area contributed by atoms with Gasteiger partial charge in [-0.1, -0.05) is 0 Å². The van der Waals surface area contributed by atoms with E-state index in [2.05, 4.69) is 0 Å². The Bertz CT molecular complexity index is 726. The van der Waals surface area contributed by atoms with Crippen LogP contribution in [0.4, 0.5) is 14.5 Å². The molecule has 2 aromatic carbocycles. The normalized spacial score (nSPS) is 11.8. The number of hydrogen-bond acceptors (Lipinski definition) is 3. The zero-order valence-electron chi connectivity index (χ0n) is 10.3. The third-order valence-electron chi connectivity index (χ3n) is 2.62. The van der Waals surface area contributed by atoms with E-state index in [4.69, 9.17) is 11.0 Å². The van der Waals surface area contributed by atoms with Crippen LogP contribution in [0.15, 0.2) is 41.3 Å². The molecule has 0 aliphatic rings. The van der Waals surface area contributed by atoms with Gasteiger partial charge in [-0.3, -0.25) is 4.21 Å². The number of anilines is 1. The molecule has 0 aromatic heterocycles. The van der Waals surface area contributed by atoms with Crippen molar-refractivity contribution >= 4 is 16.5 Å². The van der Waals surface area contributed by atoms with Crippen molar-refractivity contribution < 1.29 is 13.0 Å². The van der Waals surface area contributed by atoms with Crippen LogP contribution in [0.25, 0.3) is 0 Å². The zero-order valence-corrected chi connectivity index (χ0v) is 11.1. The second-order valence-electron chi connectivity index (χ2n) is 4.13. The molecule has 0 fully saturated rings. The quantitative estimate of drug-likeness (QED) is 0.884. The summed E-state index contributed by atoms with van der Waals surface area (Å²) >= 11 is 0. The fourth-order valence-corrected chi connectivity index (χ4v) is 2.77. The highest BCUT2D eigenvalue weighted by Gasteiger charge is 2.10. The smallest absolute Gasteiger partial charge is 0.147 e. The Morgan fingerprint density at radius 2 is 1.95 bits per heavy atom. The molecule has 0 saturated heterocycles. The van der Waals surface area contributed by atoms with Crippen LogP contribution in [0.3, 0.4) is 0 Å². The Kier molecular flexibility index (Phi) is 4.11. The average Bonchev–Trinajstić information content (AvgIpc) is 2.41. The van der Waals surface area contributed by atoms with Gasteiger partial charge in [0.25, 0.3) is 0 Å². The topological polar surface area (TPSA) is 66.9 Å². The Balaban J connectivity index is 2.25. The van der Waals surface area contributed by atoms with Gasteiger partial charge in [0.15, 0.2) is 0 Å². The van der Waals surface area contributed by atoms with Crippen LogP contribution < -0.4 is 5.73 Å². The van der Waals surface area contributed by atoms with Crippen LogP contribution >= 0.6 is 0 Å². The van der Waals surface area contributed by atoms with E-state index in [1.165, 1.54) is 24.3 Å². The van der Waals surface area contributed by atoms with Crippen LogP contribution in [0, 0.1) is 23.0 Å². The first-order chi connectivity index (χ1) is 9.49. The number of nitrogen functional groups attached to an aromatic ring is 1. The summed E-state index contributed by atoms with van der Waals surface area (Å²) in [5, 5.41) is 8.75. The van der Waals surface area contributed by atoms with E-state index in [1.54, 1.807) is 0 Å².